The van der Waals surface area contributed by atoms with E-state index in [1.807, 2.05) is 12.1 Å². The fourth-order valence-corrected chi connectivity index (χ4v) is 3.43. The molecule has 4 rings (SSSR count). The van der Waals surface area contributed by atoms with E-state index in [0.29, 0.717) is 0 Å². The quantitative estimate of drug-likeness (QED) is 0.659. The molecule has 0 fully saturated rings. The van der Waals surface area contributed by atoms with Crippen molar-refractivity contribution < 1.29 is 0 Å². The first-order chi connectivity index (χ1) is 10.2. The van der Waals surface area contributed by atoms with Crippen LogP contribution in [-0.2, 0) is 12.8 Å². The van der Waals surface area contributed by atoms with Crippen molar-refractivity contribution >= 4 is 28.6 Å². The highest BCUT2D eigenvalue weighted by Crippen LogP contribution is 2.31. The number of benzene rings is 2. The van der Waals surface area contributed by atoms with Gasteiger partial charge in [-0.3, -0.25) is 0 Å². The molecule has 0 bridgehead atoms. The zero-order valence-corrected chi connectivity index (χ0v) is 12.7. The van der Waals surface area contributed by atoms with Gasteiger partial charge in [-0.2, -0.15) is 0 Å². The maximum Gasteiger partial charge on any atom is 0.0647 e. The highest BCUT2D eigenvalue weighted by Gasteiger charge is 2.15. The number of hydrogen-bond donors (Lipinski definition) is 1. The summed E-state index contributed by atoms with van der Waals surface area (Å²) < 4.78 is 0. The largest absolute Gasteiger partial charge is 0.360 e. The van der Waals surface area contributed by atoms with Crippen LogP contribution < -0.4 is 0 Å². The molecule has 0 saturated carbocycles. The molecule has 0 radical (unpaired) electrons. The van der Waals surface area contributed by atoms with Gasteiger partial charge >= 0.3 is 0 Å². The van der Waals surface area contributed by atoms with Gasteiger partial charge in [-0.1, -0.05) is 59.1 Å². The van der Waals surface area contributed by atoms with E-state index >= 15 is 0 Å². The Kier molecular flexibility index (Phi) is 2.90. The first-order valence-corrected chi connectivity index (χ1v) is 7.62. The predicted molar refractivity (Wildman–Crippen MR) is 89.9 cm³/mol. The van der Waals surface area contributed by atoms with Gasteiger partial charge in [-0.05, 0) is 42.5 Å². The van der Waals surface area contributed by atoms with Crippen molar-refractivity contribution in [2.45, 2.75) is 19.8 Å². The van der Waals surface area contributed by atoms with E-state index in [4.69, 9.17) is 11.6 Å². The number of halogens is 1. The van der Waals surface area contributed by atoms with Crippen LogP contribution in [0, 0.1) is 6.92 Å². The second-order valence-electron chi connectivity index (χ2n) is 5.83. The van der Waals surface area contributed by atoms with Crippen molar-refractivity contribution in [1.29, 1.82) is 0 Å². The highest BCUT2D eigenvalue weighted by molar-refractivity contribution is 6.35. The molecule has 1 aromatic heterocycles. The predicted octanol–water partition coefficient (Wildman–Crippen LogP) is 5.31. The van der Waals surface area contributed by atoms with Crippen molar-refractivity contribution in [3.8, 4) is 0 Å². The summed E-state index contributed by atoms with van der Waals surface area (Å²) in [6.07, 6.45) is 6.47. The minimum atomic E-state index is 0.790. The lowest BCUT2D eigenvalue weighted by molar-refractivity contribution is 1.08. The van der Waals surface area contributed by atoms with Crippen LogP contribution in [0.5, 0.6) is 0 Å². The normalized spacial score (nSPS) is 13.5. The number of hydrogen-bond acceptors (Lipinski definition) is 0. The Balaban J connectivity index is 1.68. The molecule has 0 amide bonds. The zero-order valence-electron chi connectivity index (χ0n) is 11.9. The van der Waals surface area contributed by atoms with Gasteiger partial charge in [0.15, 0.2) is 0 Å². The van der Waals surface area contributed by atoms with Crippen molar-refractivity contribution in [2.75, 3.05) is 0 Å². The molecule has 1 aliphatic rings. The summed E-state index contributed by atoms with van der Waals surface area (Å²) in [5.74, 6) is 0. The molecule has 1 heterocycles. The van der Waals surface area contributed by atoms with Gasteiger partial charge in [0.1, 0.15) is 0 Å². The number of fused-ring (bicyclic) bond motifs is 2. The fourth-order valence-electron chi connectivity index (χ4n) is 3.21. The smallest absolute Gasteiger partial charge is 0.0647 e. The van der Waals surface area contributed by atoms with Gasteiger partial charge in [0.25, 0.3) is 0 Å². The third kappa shape index (κ3) is 2.18. The summed E-state index contributed by atoms with van der Waals surface area (Å²) in [5, 5.41) is 2.02. The Bertz CT molecular complexity index is 870. The number of rotatable bonds is 2. The van der Waals surface area contributed by atoms with E-state index in [1.165, 1.54) is 33.2 Å². The van der Waals surface area contributed by atoms with Crippen LogP contribution in [0.2, 0.25) is 5.02 Å². The van der Waals surface area contributed by atoms with E-state index < -0.39 is 0 Å². The van der Waals surface area contributed by atoms with Gasteiger partial charge in [-0.15, -0.1) is 0 Å². The lowest BCUT2D eigenvalue weighted by atomic mass is 10.0. The number of nitrogens with one attached hydrogen (secondary N) is 1. The average Bonchev–Trinajstić information content (AvgIpc) is 3.04. The van der Waals surface area contributed by atoms with Crippen molar-refractivity contribution in [3.05, 3.63) is 75.4 Å². The van der Waals surface area contributed by atoms with Gasteiger partial charge < -0.3 is 4.98 Å². The van der Waals surface area contributed by atoms with E-state index in [0.717, 1.165) is 23.4 Å². The number of para-hydroxylation sites is 1. The molecule has 0 spiro atoms. The summed E-state index contributed by atoms with van der Waals surface area (Å²) in [6.45, 7) is 2.15. The molecule has 104 valence electrons. The van der Waals surface area contributed by atoms with Crippen LogP contribution in [-0.4, -0.2) is 4.98 Å². The Morgan fingerprint density at radius 3 is 3.00 bits per heavy atom. The van der Waals surface area contributed by atoms with Gasteiger partial charge in [0.05, 0.1) is 10.5 Å². The Morgan fingerprint density at radius 1 is 1.19 bits per heavy atom. The minimum absolute atomic E-state index is 0.790. The molecule has 0 aliphatic heterocycles. The monoisotopic (exact) mass is 293 g/mol. The molecule has 0 saturated heterocycles. The van der Waals surface area contributed by atoms with Crippen LogP contribution in [0.3, 0.4) is 0 Å². The highest BCUT2D eigenvalue weighted by atomic mass is 35.5. The summed E-state index contributed by atoms with van der Waals surface area (Å²) in [4.78, 5) is 3.30. The first kappa shape index (κ1) is 12.7. The maximum atomic E-state index is 6.23. The van der Waals surface area contributed by atoms with Crippen molar-refractivity contribution in [2.24, 2.45) is 0 Å². The molecular weight excluding hydrogens is 278 g/mol. The molecule has 2 heteroatoms. The second kappa shape index (κ2) is 4.78. The summed E-state index contributed by atoms with van der Waals surface area (Å²) in [5.41, 5.74) is 7.97. The standard InChI is InChI=1S/C19H16ClN/c1-12-5-6-14-8-13(9-15(14)7-12)10-16-11-21-19-17(16)3-2-4-18(19)20/h2-7,9,11,21H,8,10H2,1H3. The van der Waals surface area contributed by atoms with Crippen molar-refractivity contribution in [1.82, 2.24) is 4.98 Å². The van der Waals surface area contributed by atoms with Crippen LogP contribution in [0.1, 0.15) is 22.3 Å². The van der Waals surface area contributed by atoms with E-state index in [1.54, 1.807) is 0 Å². The number of H-pyrrole nitrogens is 1. The van der Waals surface area contributed by atoms with Gasteiger partial charge in [0.2, 0.25) is 0 Å². The third-order valence-corrected chi connectivity index (χ3v) is 4.56. The van der Waals surface area contributed by atoms with Crippen LogP contribution in [0.15, 0.2) is 48.2 Å². The summed E-state index contributed by atoms with van der Waals surface area (Å²) >= 11 is 6.23. The van der Waals surface area contributed by atoms with Crippen molar-refractivity contribution in [3.63, 3.8) is 0 Å². The average molecular weight is 294 g/mol. The van der Waals surface area contributed by atoms with E-state index in [9.17, 15) is 0 Å². The number of aryl methyl sites for hydroxylation is 1. The molecule has 3 aromatic rings. The van der Waals surface area contributed by atoms with Crippen LogP contribution in [0.25, 0.3) is 17.0 Å². The fraction of sp³-hybridized carbons (Fsp3) is 0.158. The molecule has 1 nitrogen and oxygen atoms in total. The van der Waals surface area contributed by atoms with Gasteiger partial charge in [0, 0.05) is 11.6 Å². The molecule has 1 aliphatic carbocycles. The molecule has 1 N–H and O–H groups in total. The van der Waals surface area contributed by atoms with Crippen LogP contribution in [0.4, 0.5) is 0 Å². The first-order valence-electron chi connectivity index (χ1n) is 7.24. The number of allylic oxidation sites excluding steroid dienone is 1. The summed E-state index contributed by atoms with van der Waals surface area (Å²) in [6, 6.07) is 12.8. The lowest BCUT2D eigenvalue weighted by Gasteiger charge is -2.02. The zero-order chi connectivity index (χ0) is 14.4. The molecule has 2 aromatic carbocycles. The number of aromatic nitrogens is 1. The number of aromatic amines is 1. The third-order valence-electron chi connectivity index (χ3n) is 4.25. The van der Waals surface area contributed by atoms with E-state index in [-0.39, 0.29) is 0 Å². The summed E-state index contributed by atoms with van der Waals surface area (Å²) in [7, 11) is 0. The second-order valence-corrected chi connectivity index (χ2v) is 6.24. The van der Waals surface area contributed by atoms with Crippen LogP contribution >= 0.6 is 11.6 Å². The Morgan fingerprint density at radius 2 is 2.10 bits per heavy atom. The molecular formula is C19H16ClN. The topological polar surface area (TPSA) is 15.8 Å². The lowest BCUT2D eigenvalue weighted by Crippen LogP contribution is -1.90. The van der Waals surface area contributed by atoms with Gasteiger partial charge in [-0.25, -0.2) is 0 Å². The maximum absolute atomic E-state index is 6.23. The Labute approximate surface area is 129 Å². The Hall–Kier alpha value is -1.99. The molecule has 21 heavy (non-hydrogen) atoms. The van der Waals surface area contributed by atoms with E-state index in [2.05, 4.69) is 48.4 Å². The minimum Gasteiger partial charge on any atom is -0.360 e. The molecule has 0 atom stereocenters. The SMILES string of the molecule is Cc1ccc2c(c1)C=C(Cc1c[nH]c3c(Cl)cccc13)C2. The molecule has 0 unspecified atom stereocenters.